The predicted octanol–water partition coefficient (Wildman–Crippen LogP) is 3.15. The molecule has 2 aliphatic heterocycles. The topological polar surface area (TPSA) is 73.9 Å². The number of rotatable bonds is 8. The Balaban J connectivity index is 1.88. The molecule has 3 aliphatic rings. The zero-order valence-electron chi connectivity index (χ0n) is 17.9. The summed E-state index contributed by atoms with van der Waals surface area (Å²) in [5.41, 5.74) is -2.00. The quantitative estimate of drug-likeness (QED) is 0.363. The molecular formula is C20H35NO5P2. The van der Waals surface area contributed by atoms with Gasteiger partial charge < -0.3 is 0 Å². The molecule has 0 bridgehead atoms. The average molecular weight is 431 g/mol. The van der Waals surface area contributed by atoms with Gasteiger partial charge in [0.25, 0.3) is 0 Å². The van der Waals surface area contributed by atoms with Crippen LogP contribution in [0, 0.1) is 11.8 Å². The molecule has 6 nitrogen and oxygen atoms in total. The molecule has 0 saturated carbocycles. The molecule has 8 heteroatoms. The molecule has 2 heterocycles. The monoisotopic (exact) mass is 431 g/mol. The Kier molecular flexibility index (Phi) is 6.29. The van der Waals surface area contributed by atoms with Gasteiger partial charge in [-0.05, 0) is 0 Å². The summed E-state index contributed by atoms with van der Waals surface area (Å²) < 4.78 is 18.0. The van der Waals surface area contributed by atoms with Crippen LogP contribution in [0.15, 0.2) is 12.2 Å². The number of carbonyl (C=O) groups excluding carboxylic acids is 2. The Morgan fingerprint density at radius 3 is 2.61 bits per heavy atom. The second-order valence-corrected chi connectivity index (χ2v) is 15.8. The van der Waals surface area contributed by atoms with Crippen LogP contribution in [0.5, 0.6) is 0 Å². The summed E-state index contributed by atoms with van der Waals surface area (Å²) in [6, 6.07) is 0. The molecule has 0 unspecified atom stereocenters. The van der Waals surface area contributed by atoms with Crippen molar-refractivity contribution in [2.45, 2.75) is 49.9 Å². The van der Waals surface area contributed by atoms with Gasteiger partial charge in [0.05, 0.1) is 0 Å². The third-order valence-electron chi connectivity index (χ3n) is 6.08. The summed E-state index contributed by atoms with van der Waals surface area (Å²) in [7, 11) is -2.38. The maximum atomic E-state index is 13.0. The molecule has 2 saturated heterocycles. The molecule has 0 aromatic heterocycles. The fraction of sp³-hybridized carbons (Fsp3) is 0.800. The third kappa shape index (κ3) is 3.78. The molecule has 0 radical (unpaired) electrons. The summed E-state index contributed by atoms with van der Waals surface area (Å²) >= 11 is 0. The summed E-state index contributed by atoms with van der Waals surface area (Å²) in [4.78, 5) is 25.8. The van der Waals surface area contributed by atoms with Crippen molar-refractivity contribution in [3.63, 3.8) is 0 Å². The van der Waals surface area contributed by atoms with Crippen LogP contribution in [0.1, 0.15) is 32.6 Å². The first-order chi connectivity index (χ1) is 13.0. The molecule has 1 amide bonds. The predicted molar refractivity (Wildman–Crippen MR) is 116 cm³/mol. The van der Waals surface area contributed by atoms with Crippen molar-refractivity contribution in [1.29, 1.82) is 0 Å². The first kappa shape index (κ1) is 22.2. The van der Waals surface area contributed by atoms with Gasteiger partial charge in [0.2, 0.25) is 0 Å². The Hall–Kier alpha value is -0.540. The number of esters is 1. The van der Waals surface area contributed by atoms with Gasteiger partial charge in [-0.3, -0.25) is 0 Å². The molecule has 0 aromatic carbocycles. The van der Waals surface area contributed by atoms with E-state index >= 15 is 0 Å². The van der Waals surface area contributed by atoms with E-state index < -0.39 is 38.8 Å². The second kappa shape index (κ2) is 7.95. The van der Waals surface area contributed by atoms with Crippen molar-refractivity contribution in [2.75, 3.05) is 39.9 Å². The molecular weight excluding hydrogens is 396 g/mol. The molecule has 2 fully saturated rings. The summed E-state index contributed by atoms with van der Waals surface area (Å²) in [6.07, 6.45) is 7.52. The molecule has 160 valence electrons. The van der Waals surface area contributed by atoms with Crippen LogP contribution in [-0.4, -0.2) is 69.1 Å². The fourth-order valence-corrected chi connectivity index (χ4v) is 6.22. The van der Waals surface area contributed by atoms with Crippen molar-refractivity contribution in [2.24, 2.45) is 11.8 Å². The molecule has 28 heavy (non-hydrogen) atoms. The zero-order chi connectivity index (χ0) is 20.7. The van der Waals surface area contributed by atoms with Gasteiger partial charge >= 0.3 is 170 Å². The first-order valence-corrected chi connectivity index (χ1v) is 15.8. The second-order valence-electron chi connectivity index (χ2n) is 9.46. The van der Waals surface area contributed by atoms with E-state index in [1.807, 2.05) is 20.3 Å². The zero-order valence-corrected chi connectivity index (χ0v) is 19.8. The molecule has 1 aliphatic carbocycles. The normalized spacial score (nSPS) is 36.5. The van der Waals surface area contributed by atoms with Crippen LogP contribution >= 0.6 is 15.6 Å². The molecule has 0 spiro atoms. The van der Waals surface area contributed by atoms with Crippen LogP contribution in [0.4, 0.5) is 0 Å². The Morgan fingerprint density at radius 2 is 2.07 bits per heavy atom. The Bertz CT molecular complexity index is 661. The van der Waals surface area contributed by atoms with E-state index in [0.29, 0.717) is 13.0 Å². The van der Waals surface area contributed by atoms with E-state index in [4.69, 9.17) is 13.8 Å². The number of carbonyl (C=O) groups is 2. The van der Waals surface area contributed by atoms with Gasteiger partial charge in [-0.1, -0.05) is 0 Å². The number of fused-ring (bicyclic) bond motifs is 1. The summed E-state index contributed by atoms with van der Waals surface area (Å²) in [5, 5.41) is 3.05. The van der Waals surface area contributed by atoms with Gasteiger partial charge in [-0.25, -0.2) is 0 Å². The van der Waals surface area contributed by atoms with Crippen LogP contribution in [0.25, 0.3) is 0 Å². The van der Waals surface area contributed by atoms with Crippen molar-refractivity contribution >= 4 is 27.5 Å². The summed E-state index contributed by atoms with van der Waals surface area (Å²) in [6.45, 7) is 12.8. The fourth-order valence-electron chi connectivity index (χ4n) is 4.72. The van der Waals surface area contributed by atoms with Crippen LogP contribution < -0.4 is 5.32 Å². The average Bonchev–Trinajstić information content (AvgIpc) is 2.77. The van der Waals surface area contributed by atoms with Crippen LogP contribution in [-0.2, 0) is 23.4 Å². The van der Waals surface area contributed by atoms with E-state index in [1.165, 1.54) is 0 Å². The minimum atomic E-state index is -1.67. The Morgan fingerprint density at radius 1 is 1.36 bits per heavy atom. The van der Waals surface area contributed by atoms with E-state index in [0.717, 1.165) is 19.3 Å². The standard InChI is InChI=1S/C20H35NO5P2/c1-19-15(12-13-24-28(4,5)6)17(22)21-20(19,18(23)25-19)16(26-27(2)3)14-10-8-7-9-11-14/h8,10,14-16,28H,7,9,11-13H2,1-6H3,(H,21,22)/t14-,15+,16+,19+,20+/m1/s1. The minimum absolute atomic E-state index is 0.100. The number of hydrogen-bond acceptors (Lipinski definition) is 5. The Labute approximate surface area is 170 Å². The van der Waals surface area contributed by atoms with Gasteiger partial charge in [0, 0.05) is 0 Å². The van der Waals surface area contributed by atoms with Crippen molar-refractivity contribution in [3.8, 4) is 0 Å². The summed E-state index contributed by atoms with van der Waals surface area (Å²) in [5.74, 6) is -0.807. The number of amides is 1. The van der Waals surface area contributed by atoms with Crippen molar-refractivity contribution in [1.82, 2.24) is 5.32 Å². The van der Waals surface area contributed by atoms with E-state index in [1.54, 1.807) is 0 Å². The number of ether oxygens (including phenoxy) is 1. The van der Waals surface area contributed by atoms with E-state index in [2.05, 4.69) is 37.5 Å². The van der Waals surface area contributed by atoms with Gasteiger partial charge in [-0.15, -0.1) is 0 Å². The number of allylic oxidation sites excluding steroid dienone is 1. The first-order valence-electron chi connectivity index (χ1n) is 10.2. The SMILES string of the molecule is CP(C)O[C@@H]([C@@H]1C=CCCC1)[C@@]12NC(=O)[C@H](CCO[PH](C)(C)C)[C@]1(C)OC2=O. The molecule has 1 N–H and O–H groups in total. The molecule has 3 rings (SSSR count). The molecule has 0 aromatic rings. The molecule has 5 atom stereocenters. The third-order valence-corrected chi connectivity index (χ3v) is 7.80. The maximum absolute atomic E-state index is 13.0. The number of nitrogens with one attached hydrogen (secondary N) is 1. The van der Waals surface area contributed by atoms with Crippen LogP contribution in [0.3, 0.4) is 0 Å². The van der Waals surface area contributed by atoms with Crippen LogP contribution in [0.2, 0.25) is 0 Å². The number of hydrogen-bond donors (Lipinski definition) is 1. The van der Waals surface area contributed by atoms with Crippen molar-refractivity contribution < 1.29 is 23.4 Å². The van der Waals surface area contributed by atoms with Gasteiger partial charge in [-0.2, -0.15) is 0 Å². The van der Waals surface area contributed by atoms with E-state index in [-0.39, 0.29) is 17.8 Å². The van der Waals surface area contributed by atoms with Crippen molar-refractivity contribution in [3.05, 3.63) is 12.2 Å². The van der Waals surface area contributed by atoms with Gasteiger partial charge in [0.15, 0.2) is 0 Å². The van der Waals surface area contributed by atoms with Gasteiger partial charge in [0.1, 0.15) is 0 Å². The van der Waals surface area contributed by atoms with E-state index in [9.17, 15) is 9.59 Å².